The van der Waals surface area contributed by atoms with Gasteiger partial charge < -0.3 is 5.32 Å². The molecule has 0 aliphatic heterocycles. The maximum absolute atomic E-state index is 11.7. The summed E-state index contributed by atoms with van der Waals surface area (Å²) in [6.45, 7) is 3.97. The molecule has 0 bridgehead atoms. The molecular formula is C12H22N2O3S. The van der Waals surface area contributed by atoms with Crippen LogP contribution in [0.25, 0.3) is 0 Å². The molecule has 1 saturated carbocycles. The van der Waals surface area contributed by atoms with Crippen molar-refractivity contribution in [1.29, 1.82) is 0 Å². The largest absolute Gasteiger partial charge is 0.353 e. The first kappa shape index (κ1) is 15.2. The molecule has 1 N–H and O–H groups in total. The number of sulfonamides is 1. The molecule has 0 aromatic heterocycles. The SMILES string of the molecule is C=CCN(CCC(=O)NC1CCCC1)S(C)(=O)=O. The Labute approximate surface area is 109 Å². The second-order valence-electron chi connectivity index (χ2n) is 4.71. The van der Waals surface area contributed by atoms with Gasteiger partial charge in [0.25, 0.3) is 0 Å². The summed E-state index contributed by atoms with van der Waals surface area (Å²) in [6.07, 6.45) is 7.27. The van der Waals surface area contributed by atoms with Crippen LogP contribution in [0.5, 0.6) is 0 Å². The molecule has 1 aliphatic rings. The maximum Gasteiger partial charge on any atom is 0.221 e. The number of carbonyl (C=O) groups is 1. The normalized spacial score (nSPS) is 17.0. The Hall–Kier alpha value is -0.880. The van der Waals surface area contributed by atoms with E-state index < -0.39 is 10.0 Å². The van der Waals surface area contributed by atoms with Crippen molar-refractivity contribution in [3.05, 3.63) is 12.7 Å². The summed E-state index contributed by atoms with van der Waals surface area (Å²) in [7, 11) is -3.27. The van der Waals surface area contributed by atoms with Gasteiger partial charge in [0.1, 0.15) is 0 Å². The number of hydrogen-bond acceptors (Lipinski definition) is 3. The average molecular weight is 274 g/mol. The lowest BCUT2D eigenvalue weighted by Crippen LogP contribution is -2.37. The van der Waals surface area contributed by atoms with Crippen LogP contribution in [-0.2, 0) is 14.8 Å². The van der Waals surface area contributed by atoms with E-state index in [4.69, 9.17) is 0 Å². The van der Waals surface area contributed by atoms with Crippen molar-refractivity contribution in [2.45, 2.75) is 38.1 Å². The number of hydrogen-bond donors (Lipinski definition) is 1. The fourth-order valence-electron chi connectivity index (χ4n) is 2.13. The Morgan fingerprint density at radius 3 is 2.56 bits per heavy atom. The first-order valence-corrected chi connectivity index (χ1v) is 8.13. The zero-order valence-electron chi connectivity index (χ0n) is 10.9. The van der Waals surface area contributed by atoms with Gasteiger partial charge in [-0.1, -0.05) is 18.9 Å². The minimum absolute atomic E-state index is 0.0698. The quantitative estimate of drug-likeness (QED) is 0.701. The third-order valence-corrected chi connectivity index (χ3v) is 4.38. The summed E-state index contributed by atoms with van der Waals surface area (Å²) in [4.78, 5) is 11.7. The van der Waals surface area contributed by atoms with Crippen LogP contribution < -0.4 is 5.32 Å². The molecule has 0 atom stereocenters. The monoisotopic (exact) mass is 274 g/mol. The second-order valence-corrected chi connectivity index (χ2v) is 6.69. The molecule has 0 aromatic carbocycles. The zero-order chi connectivity index (χ0) is 13.6. The predicted octanol–water partition coefficient (Wildman–Crippen LogP) is 0.883. The Bertz CT molecular complexity index is 386. The van der Waals surface area contributed by atoms with E-state index in [0.717, 1.165) is 31.9 Å². The molecule has 0 spiro atoms. The molecule has 0 aromatic rings. The van der Waals surface area contributed by atoms with Gasteiger partial charge in [0.05, 0.1) is 6.26 Å². The molecule has 5 nitrogen and oxygen atoms in total. The van der Waals surface area contributed by atoms with Crippen molar-refractivity contribution in [3.8, 4) is 0 Å². The van der Waals surface area contributed by atoms with E-state index in [1.165, 1.54) is 10.4 Å². The van der Waals surface area contributed by atoms with E-state index in [1.54, 1.807) is 0 Å². The van der Waals surface area contributed by atoms with E-state index in [9.17, 15) is 13.2 Å². The molecule has 1 fully saturated rings. The molecule has 0 saturated heterocycles. The molecule has 1 aliphatic carbocycles. The highest BCUT2D eigenvalue weighted by molar-refractivity contribution is 7.88. The highest BCUT2D eigenvalue weighted by Crippen LogP contribution is 2.17. The lowest BCUT2D eigenvalue weighted by Gasteiger charge is -2.18. The van der Waals surface area contributed by atoms with Crippen LogP contribution in [0.1, 0.15) is 32.1 Å². The fraction of sp³-hybridized carbons (Fsp3) is 0.750. The third kappa shape index (κ3) is 5.18. The van der Waals surface area contributed by atoms with Crippen LogP contribution >= 0.6 is 0 Å². The topological polar surface area (TPSA) is 66.5 Å². The van der Waals surface area contributed by atoms with Crippen molar-refractivity contribution in [2.75, 3.05) is 19.3 Å². The van der Waals surface area contributed by atoms with E-state index in [2.05, 4.69) is 11.9 Å². The number of nitrogens with one attached hydrogen (secondary N) is 1. The van der Waals surface area contributed by atoms with Crippen molar-refractivity contribution in [2.24, 2.45) is 0 Å². The first-order chi connectivity index (χ1) is 8.43. The van der Waals surface area contributed by atoms with E-state index in [-0.39, 0.29) is 31.5 Å². The van der Waals surface area contributed by atoms with Gasteiger partial charge in [-0.2, -0.15) is 4.31 Å². The maximum atomic E-state index is 11.7. The lowest BCUT2D eigenvalue weighted by atomic mass is 10.2. The van der Waals surface area contributed by atoms with Gasteiger partial charge in [-0.3, -0.25) is 4.79 Å². The minimum Gasteiger partial charge on any atom is -0.353 e. The van der Waals surface area contributed by atoms with Crippen molar-refractivity contribution < 1.29 is 13.2 Å². The Morgan fingerprint density at radius 1 is 1.44 bits per heavy atom. The molecule has 0 heterocycles. The van der Waals surface area contributed by atoms with Crippen LogP contribution in [0.4, 0.5) is 0 Å². The Balaban J connectivity index is 2.36. The molecule has 0 unspecified atom stereocenters. The van der Waals surface area contributed by atoms with Gasteiger partial charge in [-0.25, -0.2) is 8.42 Å². The smallest absolute Gasteiger partial charge is 0.221 e. The van der Waals surface area contributed by atoms with Crippen LogP contribution in [0.15, 0.2) is 12.7 Å². The third-order valence-electron chi connectivity index (χ3n) is 3.11. The summed E-state index contributed by atoms with van der Waals surface area (Å²) in [5.74, 6) is -0.0698. The first-order valence-electron chi connectivity index (χ1n) is 6.29. The highest BCUT2D eigenvalue weighted by Gasteiger charge is 2.19. The van der Waals surface area contributed by atoms with Crippen LogP contribution in [0.2, 0.25) is 0 Å². The van der Waals surface area contributed by atoms with E-state index in [1.807, 2.05) is 0 Å². The molecule has 104 valence electrons. The van der Waals surface area contributed by atoms with Crippen molar-refractivity contribution in [1.82, 2.24) is 9.62 Å². The molecule has 18 heavy (non-hydrogen) atoms. The second kappa shape index (κ2) is 6.89. The minimum atomic E-state index is -3.27. The fourth-order valence-corrected chi connectivity index (χ4v) is 2.93. The van der Waals surface area contributed by atoms with Gasteiger partial charge in [-0.05, 0) is 12.8 Å². The molecular weight excluding hydrogens is 252 g/mol. The summed E-state index contributed by atoms with van der Waals surface area (Å²) in [5, 5.41) is 2.94. The number of rotatable bonds is 7. The number of nitrogens with zero attached hydrogens (tertiary/aromatic N) is 1. The molecule has 1 amide bonds. The standard InChI is InChI=1S/C12H22N2O3S/c1-3-9-14(18(2,16)17)10-8-12(15)13-11-6-4-5-7-11/h3,11H,1,4-10H2,2H3,(H,13,15). The average Bonchev–Trinajstić information content (AvgIpc) is 2.75. The predicted molar refractivity (Wildman–Crippen MR) is 71.6 cm³/mol. The van der Waals surface area contributed by atoms with Crippen LogP contribution in [0.3, 0.4) is 0 Å². The van der Waals surface area contributed by atoms with Crippen molar-refractivity contribution in [3.63, 3.8) is 0 Å². The van der Waals surface area contributed by atoms with Gasteiger partial charge in [0.2, 0.25) is 15.9 Å². The number of amides is 1. The highest BCUT2D eigenvalue weighted by atomic mass is 32.2. The van der Waals surface area contributed by atoms with Crippen molar-refractivity contribution >= 4 is 15.9 Å². The zero-order valence-corrected chi connectivity index (χ0v) is 11.7. The van der Waals surface area contributed by atoms with E-state index in [0.29, 0.717) is 0 Å². The van der Waals surface area contributed by atoms with Gasteiger partial charge in [0.15, 0.2) is 0 Å². The van der Waals surface area contributed by atoms with Gasteiger partial charge >= 0.3 is 0 Å². The summed E-state index contributed by atoms with van der Waals surface area (Å²) in [5.41, 5.74) is 0. The molecule has 0 radical (unpaired) electrons. The van der Waals surface area contributed by atoms with Gasteiger partial charge in [-0.15, -0.1) is 6.58 Å². The van der Waals surface area contributed by atoms with Crippen LogP contribution in [0, 0.1) is 0 Å². The number of carbonyl (C=O) groups excluding carboxylic acids is 1. The van der Waals surface area contributed by atoms with Gasteiger partial charge in [0, 0.05) is 25.6 Å². The van der Waals surface area contributed by atoms with E-state index >= 15 is 0 Å². The summed E-state index contributed by atoms with van der Waals surface area (Å²) >= 11 is 0. The summed E-state index contributed by atoms with van der Waals surface area (Å²) in [6, 6.07) is 0.281. The van der Waals surface area contributed by atoms with Crippen LogP contribution in [-0.4, -0.2) is 44.0 Å². The molecule has 6 heteroatoms. The molecule has 1 rings (SSSR count). The lowest BCUT2D eigenvalue weighted by molar-refractivity contribution is -0.121. The Kier molecular flexibility index (Phi) is 5.81. The summed E-state index contributed by atoms with van der Waals surface area (Å²) < 4.78 is 24.1. The Morgan fingerprint density at radius 2 is 2.06 bits per heavy atom.